The Kier molecular flexibility index (Phi) is 11.6. The number of carbonyl (C=O) groups excluding carboxylic acids is 1. The third-order valence-corrected chi connectivity index (χ3v) is 6.05. The summed E-state index contributed by atoms with van der Waals surface area (Å²) in [5.74, 6) is -1.26. The number of methoxy groups -OCH3 is 1. The summed E-state index contributed by atoms with van der Waals surface area (Å²) in [4.78, 5) is 24.2. The van der Waals surface area contributed by atoms with Gasteiger partial charge in [0.15, 0.2) is 6.10 Å². The van der Waals surface area contributed by atoms with Crippen LogP contribution in [0.1, 0.15) is 52.1 Å². The SMILES string of the molecule is CC[C@H](CNc1ccc(OC(C)C(=O)O)cc1OC)NC(=O)[C@H](CC(C)(C)F)N[C@@H](c1ccccc1)C(F)(F)F. The summed E-state index contributed by atoms with van der Waals surface area (Å²) in [6, 6.07) is 7.61. The van der Waals surface area contributed by atoms with Crippen LogP contribution in [0.2, 0.25) is 0 Å². The summed E-state index contributed by atoms with van der Waals surface area (Å²) in [5.41, 5.74) is -1.49. The van der Waals surface area contributed by atoms with Gasteiger partial charge in [-0.15, -0.1) is 0 Å². The summed E-state index contributed by atoms with van der Waals surface area (Å²) < 4.78 is 67.2. The van der Waals surface area contributed by atoms with Gasteiger partial charge in [0.25, 0.3) is 0 Å². The quantitative estimate of drug-likeness (QED) is 0.216. The van der Waals surface area contributed by atoms with Crippen molar-refractivity contribution >= 4 is 17.6 Å². The number of rotatable bonds is 15. The Labute approximate surface area is 231 Å². The molecule has 0 fully saturated rings. The number of aliphatic carboxylic acids is 1. The molecule has 1 amide bonds. The monoisotopic (exact) mass is 571 g/mol. The second kappa shape index (κ2) is 14.2. The molecule has 0 aliphatic rings. The van der Waals surface area contributed by atoms with Gasteiger partial charge in [-0.05, 0) is 44.9 Å². The first-order valence-electron chi connectivity index (χ1n) is 12.8. The molecule has 1 unspecified atom stereocenters. The molecule has 4 N–H and O–H groups in total. The molecule has 0 heterocycles. The fourth-order valence-corrected chi connectivity index (χ4v) is 3.92. The minimum Gasteiger partial charge on any atom is -0.494 e. The van der Waals surface area contributed by atoms with E-state index < -0.39 is 54.4 Å². The molecule has 0 aliphatic carbocycles. The van der Waals surface area contributed by atoms with Gasteiger partial charge in [-0.2, -0.15) is 13.2 Å². The van der Waals surface area contributed by atoms with Crippen LogP contribution in [-0.4, -0.2) is 60.7 Å². The number of ether oxygens (including phenoxy) is 2. The number of alkyl halides is 4. The number of benzene rings is 2. The minimum absolute atomic E-state index is 0.0876. The maximum Gasteiger partial charge on any atom is 0.407 e. The average Bonchev–Trinajstić information content (AvgIpc) is 2.88. The van der Waals surface area contributed by atoms with Gasteiger partial charge >= 0.3 is 12.1 Å². The molecule has 0 saturated carbocycles. The highest BCUT2D eigenvalue weighted by molar-refractivity contribution is 5.82. The maximum absolute atomic E-state index is 14.6. The van der Waals surface area contributed by atoms with Crippen LogP contribution in [0.15, 0.2) is 48.5 Å². The van der Waals surface area contributed by atoms with Crippen molar-refractivity contribution in [2.45, 2.75) is 76.6 Å². The number of carboxylic acid groups (broad SMARTS) is 1. The van der Waals surface area contributed by atoms with Crippen LogP contribution in [-0.2, 0) is 9.59 Å². The Balaban J connectivity index is 2.17. The largest absolute Gasteiger partial charge is 0.494 e. The zero-order valence-corrected chi connectivity index (χ0v) is 23.1. The number of anilines is 1. The average molecular weight is 572 g/mol. The fourth-order valence-electron chi connectivity index (χ4n) is 3.92. The lowest BCUT2D eigenvalue weighted by Crippen LogP contribution is -2.53. The molecule has 12 heteroatoms. The van der Waals surface area contributed by atoms with Crippen LogP contribution in [0, 0.1) is 0 Å². The lowest BCUT2D eigenvalue weighted by molar-refractivity contribution is -0.161. The van der Waals surface area contributed by atoms with Crippen molar-refractivity contribution in [3.05, 3.63) is 54.1 Å². The summed E-state index contributed by atoms with van der Waals surface area (Å²) in [7, 11) is 1.42. The van der Waals surface area contributed by atoms with Crippen molar-refractivity contribution in [1.29, 1.82) is 0 Å². The van der Waals surface area contributed by atoms with Crippen molar-refractivity contribution in [1.82, 2.24) is 10.6 Å². The first-order valence-corrected chi connectivity index (χ1v) is 12.8. The molecule has 40 heavy (non-hydrogen) atoms. The smallest absolute Gasteiger partial charge is 0.407 e. The van der Waals surface area contributed by atoms with E-state index in [1.54, 1.807) is 25.1 Å². The zero-order valence-electron chi connectivity index (χ0n) is 23.1. The van der Waals surface area contributed by atoms with E-state index in [0.717, 1.165) is 0 Å². The standard InChI is InChI=1S/C28H37F4N3O5/c1-6-19(16-33-21-13-12-20(14-23(21)39-5)40-17(2)26(37)38)34-25(36)22(15-27(3,4)29)35-24(28(30,31)32)18-10-8-7-9-11-18/h7-14,17,19,22,24,33,35H,6,15-16H2,1-5H3,(H,34,36)(H,37,38)/t17?,19-,22+,24+/m1/s1. The number of carbonyl (C=O) groups is 2. The summed E-state index contributed by atoms with van der Waals surface area (Å²) in [6.45, 7) is 5.76. The van der Waals surface area contributed by atoms with Gasteiger partial charge in [-0.1, -0.05) is 37.3 Å². The van der Waals surface area contributed by atoms with Crippen LogP contribution in [0.4, 0.5) is 23.2 Å². The molecule has 0 aliphatic heterocycles. The van der Waals surface area contributed by atoms with Crippen molar-refractivity contribution in [3.63, 3.8) is 0 Å². The highest BCUT2D eigenvalue weighted by Gasteiger charge is 2.43. The first-order chi connectivity index (χ1) is 18.6. The normalized spacial score (nSPS) is 14.9. The van der Waals surface area contributed by atoms with Crippen molar-refractivity contribution in [2.24, 2.45) is 0 Å². The number of halogens is 4. The Morgan fingerprint density at radius 1 is 1.05 bits per heavy atom. The van der Waals surface area contributed by atoms with E-state index >= 15 is 0 Å². The number of nitrogens with one attached hydrogen (secondary N) is 3. The highest BCUT2D eigenvalue weighted by atomic mass is 19.4. The fraction of sp³-hybridized carbons (Fsp3) is 0.500. The van der Waals surface area contributed by atoms with Crippen LogP contribution in [0.5, 0.6) is 11.5 Å². The Bertz CT molecular complexity index is 1110. The Hall–Kier alpha value is -3.54. The molecule has 0 aromatic heterocycles. The second-order valence-electron chi connectivity index (χ2n) is 9.98. The highest BCUT2D eigenvalue weighted by Crippen LogP contribution is 2.34. The lowest BCUT2D eigenvalue weighted by atomic mass is 9.97. The van der Waals surface area contributed by atoms with E-state index in [1.165, 1.54) is 58.2 Å². The predicted octanol–water partition coefficient (Wildman–Crippen LogP) is 5.25. The molecule has 4 atom stereocenters. The van der Waals surface area contributed by atoms with E-state index in [4.69, 9.17) is 14.6 Å². The van der Waals surface area contributed by atoms with Crippen molar-refractivity contribution in [2.75, 3.05) is 19.0 Å². The first kappa shape index (κ1) is 32.7. The Morgan fingerprint density at radius 3 is 2.23 bits per heavy atom. The number of hydrogen-bond donors (Lipinski definition) is 4. The third kappa shape index (κ3) is 10.2. The summed E-state index contributed by atoms with van der Waals surface area (Å²) >= 11 is 0. The van der Waals surface area contributed by atoms with Crippen LogP contribution < -0.4 is 25.4 Å². The van der Waals surface area contributed by atoms with Gasteiger partial charge < -0.3 is 25.2 Å². The molecule has 0 saturated heterocycles. The minimum atomic E-state index is -4.72. The van der Waals surface area contributed by atoms with Gasteiger partial charge in [0.1, 0.15) is 23.2 Å². The third-order valence-electron chi connectivity index (χ3n) is 6.05. The van der Waals surface area contributed by atoms with Crippen LogP contribution >= 0.6 is 0 Å². The lowest BCUT2D eigenvalue weighted by Gasteiger charge is -2.31. The van der Waals surface area contributed by atoms with Crippen LogP contribution in [0.3, 0.4) is 0 Å². The van der Waals surface area contributed by atoms with Gasteiger partial charge in [0.2, 0.25) is 5.91 Å². The maximum atomic E-state index is 14.6. The molecule has 2 aromatic rings. The number of hydrogen-bond acceptors (Lipinski definition) is 6. The Morgan fingerprint density at radius 2 is 1.70 bits per heavy atom. The van der Waals surface area contributed by atoms with E-state index in [1.807, 2.05) is 0 Å². The summed E-state index contributed by atoms with van der Waals surface area (Å²) in [6.07, 6.45) is -5.85. The molecule has 0 radical (unpaired) electrons. The number of amides is 1. The zero-order chi connectivity index (χ0) is 30.1. The molecule has 222 valence electrons. The predicted molar refractivity (Wildman–Crippen MR) is 143 cm³/mol. The molecule has 0 spiro atoms. The number of carboxylic acids is 1. The molecule has 2 aromatic carbocycles. The van der Waals surface area contributed by atoms with E-state index in [2.05, 4.69) is 16.0 Å². The van der Waals surface area contributed by atoms with Crippen LogP contribution in [0.25, 0.3) is 0 Å². The topological polar surface area (TPSA) is 109 Å². The molecular formula is C28H37F4N3O5. The van der Waals surface area contributed by atoms with Gasteiger partial charge in [0, 0.05) is 25.1 Å². The van der Waals surface area contributed by atoms with E-state index in [-0.39, 0.29) is 17.9 Å². The van der Waals surface area contributed by atoms with E-state index in [9.17, 15) is 27.2 Å². The molecule has 0 bridgehead atoms. The summed E-state index contributed by atoms with van der Waals surface area (Å²) in [5, 5.41) is 17.2. The van der Waals surface area contributed by atoms with E-state index in [0.29, 0.717) is 17.9 Å². The molecular weight excluding hydrogens is 534 g/mol. The molecule has 8 nitrogen and oxygen atoms in total. The van der Waals surface area contributed by atoms with Gasteiger partial charge in [0.05, 0.1) is 18.8 Å². The van der Waals surface area contributed by atoms with Crippen molar-refractivity contribution in [3.8, 4) is 11.5 Å². The second-order valence-corrected chi connectivity index (χ2v) is 9.98. The van der Waals surface area contributed by atoms with Crippen molar-refractivity contribution < 1.29 is 41.7 Å². The van der Waals surface area contributed by atoms with Gasteiger partial charge in [-0.25, -0.2) is 9.18 Å². The van der Waals surface area contributed by atoms with Gasteiger partial charge in [-0.3, -0.25) is 10.1 Å². The molecule has 2 rings (SSSR count).